The number of ether oxygens (including phenoxy) is 2. The van der Waals surface area contributed by atoms with Crippen LogP contribution in [0.3, 0.4) is 0 Å². The van der Waals surface area contributed by atoms with Crippen molar-refractivity contribution in [2.24, 2.45) is 0 Å². The van der Waals surface area contributed by atoms with E-state index < -0.39 is 43.2 Å². The number of rotatable bonds is 4. The molecule has 7 nitrogen and oxygen atoms in total. The summed E-state index contributed by atoms with van der Waals surface area (Å²) in [6, 6.07) is 5.44. The zero-order chi connectivity index (χ0) is 16.3. The SMILES string of the molecule is CC(=O)N[C@@H]1[C@H](Oc2ccc(Cl)cc2)O[C@H](CO)[C@H](O)[C@@H]1O. The molecular weight excluding hydrogens is 314 g/mol. The number of benzene rings is 1. The molecule has 4 N–H and O–H groups in total. The highest BCUT2D eigenvalue weighted by Crippen LogP contribution is 2.25. The Morgan fingerprint density at radius 3 is 2.50 bits per heavy atom. The third kappa shape index (κ3) is 3.88. The molecule has 1 fully saturated rings. The number of carbonyl (C=O) groups is 1. The van der Waals surface area contributed by atoms with Gasteiger partial charge in [0, 0.05) is 11.9 Å². The van der Waals surface area contributed by atoms with Gasteiger partial charge in [0.15, 0.2) is 0 Å². The van der Waals surface area contributed by atoms with Crippen molar-refractivity contribution in [1.29, 1.82) is 0 Å². The fraction of sp³-hybridized carbons (Fsp3) is 0.500. The molecule has 0 unspecified atom stereocenters. The Morgan fingerprint density at radius 1 is 1.32 bits per heavy atom. The van der Waals surface area contributed by atoms with E-state index in [4.69, 9.17) is 21.1 Å². The minimum Gasteiger partial charge on any atom is -0.463 e. The highest BCUT2D eigenvalue weighted by atomic mass is 35.5. The van der Waals surface area contributed by atoms with Gasteiger partial charge in [0.25, 0.3) is 0 Å². The molecule has 0 aromatic heterocycles. The van der Waals surface area contributed by atoms with Crippen molar-refractivity contribution in [3.8, 4) is 5.75 Å². The molecule has 1 amide bonds. The van der Waals surface area contributed by atoms with Crippen LogP contribution in [0.2, 0.25) is 5.02 Å². The zero-order valence-electron chi connectivity index (χ0n) is 11.8. The molecule has 2 rings (SSSR count). The molecule has 122 valence electrons. The maximum absolute atomic E-state index is 11.3. The number of amides is 1. The van der Waals surface area contributed by atoms with E-state index in [0.717, 1.165) is 0 Å². The zero-order valence-corrected chi connectivity index (χ0v) is 12.6. The molecule has 0 aliphatic carbocycles. The van der Waals surface area contributed by atoms with Crippen molar-refractivity contribution in [2.75, 3.05) is 6.61 Å². The van der Waals surface area contributed by atoms with Gasteiger partial charge in [-0.05, 0) is 24.3 Å². The van der Waals surface area contributed by atoms with Crippen molar-refractivity contribution in [1.82, 2.24) is 5.32 Å². The number of aliphatic hydroxyl groups is 3. The van der Waals surface area contributed by atoms with Gasteiger partial charge >= 0.3 is 0 Å². The summed E-state index contributed by atoms with van der Waals surface area (Å²) in [7, 11) is 0. The molecule has 0 bridgehead atoms. The van der Waals surface area contributed by atoms with Gasteiger partial charge in [-0.3, -0.25) is 4.79 Å². The average molecular weight is 332 g/mol. The molecule has 1 aliphatic heterocycles. The second-order valence-corrected chi connectivity index (χ2v) is 5.44. The smallest absolute Gasteiger partial charge is 0.223 e. The minimum atomic E-state index is -1.34. The molecule has 1 aliphatic rings. The van der Waals surface area contributed by atoms with E-state index in [-0.39, 0.29) is 0 Å². The van der Waals surface area contributed by atoms with Crippen LogP contribution in [0.1, 0.15) is 6.92 Å². The number of aliphatic hydroxyl groups excluding tert-OH is 3. The van der Waals surface area contributed by atoms with E-state index in [9.17, 15) is 20.1 Å². The van der Waals surface area contributed by atoms with Gasteiger partial charge < -0.3 is 30.1 Å². The molecule has 22 heavy (non-hydrogen) atoms. The van der Waals surface area contributed by atoms with Gasteiger partial charge in [0.05, 0.1) is 6.61 Å². The molecule has 1 saturated heterocycles. The lowest BCUT2D eigenvalue weighted by molar-refractivity contribution is -0.244. The molecule has 1 heterocycles. The summed E-state index contributed by atoms with van der Waals surface area (Å²) in [5.74, 6) is -0.00274. The lowest BCUT2D eigenvalue weighted by atomic mass is 9.97. The highest BCUT2D eigenvalue weighted by molar-refractivity contribution is 6.30. The van der Waals surface area contributed by atoms with Crippen LogP contribution in [0, 0.1) is 0 Å². The monoisotopic (exact) mass is 331 g/mol. The Bertz CT molecular complexity index is 511. The van der Waals surface area contributed by atoms with Crippen molar-refractivity contribution in [3.63, 3.8) is 0 Å². The second-order valence-electron chi connectivity index (χ2n) is 5.00. The maximum Gasteiger partial charge on any atom is 0.223 e. The Morgan fingerprint density at radius 2 is 1.95 bits per heavy atom. The molecule has 0 spiro atoms. The van der Waals surface area contributed by atoms with Crippen LogP contribution >= 0.6 is 11.6 Å². The standard InChI is InChI=1S/C14H18ClNO6/c1-7(18)16-11-13(20)12(19)10(6-17)22-14(11)21-9-4-2-8(15)3-5-9/h2-5,10-14,17,19-20H,6H2,1H3,(H,16,18)/t10-,11+,12+,13-,14-/m1/s1. The van der Waals surface area contributed by atoms with Crippen LogP contribution in [0.5, 0.6) is 5.75 Å². The van der Waals surface area contributed by atoms with Crippen molar-refractivity contribution >= 4 is 17.5 Å². The summed E-state index contributed by atoms with van der Waals surface area (Å²) in [5.41, 5.74) is 0. The Labute approximate surface area is 132 Å². The van der Waals surface area contributed by atoms with Crippen LogP contribution in [0.4, 0.5) is 0 Å². The summed E-state index contributed by atoms with van der Waals surface area (Å²) in [6.45, 7) is 0.780. The molecule has 0 radical (unpaired) electrons. The molecule has 0 saturated carbocycles. The van der Waals surface area contributed by atoms with E-state index in [1.54, 1.807) is 24.3 Å². The fourth-order valence-electron chi connectivity index (χ4n) is 2.22. The van der Waals surface area contributed by atoms with Crippen molar-refractivity contribution in [3.05, 3.63) is 29.3 Å². The van der Waals surface area contributed by atoms with Gasteiger partial charge in [-0.15, -0.1) is 0 Å². The summed E-state index contributed by atoms with van der Waals surface area (Å²) < 4.78 is 11.0. The van der Waals surface area contributed by atoms with Gasteiger partial charge in [-0.2, -0.15) is 0 Å². The van der Waals surface area contributed by atoms with Crippen molar-refractivity contribution in [2.45, 2.75) is 37.6 Å². The van der Waals surface area contributed by atoms with Gasteiger partial charge in [0.2, 0.25) is 12.2 Å². The number of carbonyl (C=O) groups excluding carboxylic acids is 1. The Balaban J connectivity index is 2.18. The first-order valence-electron chi connectivity index (χ1n) is 6.74. The lowest BCUT2D eigenvalue weighted by Crippen LogP contribution is -2.65. The third-order valence-electron chi connectivity index (χ3n) is 3.32. The van der Waals surface area contributed by atoms with Gasteiger partial charge in [-0.1, -0.05) is 11.6 Å². The first-order valence-corrected chi connectivity index (χ1v) is 7.12. The van der Waals surface area contributed by atoms with E-state index in [0.29, 0.717) is 10.8 Å². The lowest BCUT2D eigenvalue weighted by Gasteiger charge is -2.42. The Kier molecular flexibility index (Phi) is 5.60. The molecule has 8 heteroatoms. The van der Waals surface area contributed by atoms with Crippen LogP contribution < -0.4 is 10.1 Å². The van der Waals surface area contributed by atoms with Crippen LogP contribution in [0.25, 0.3) is 0 Å². The first-order chi connectivity index (χ1) is 10.4. The van der Waals surface area contributed by atoms with Crippen molar-refractivity contribution < 1.29 is 29.6 Å². The van der Waals surface area contributed by atoms with Crippen LogP contribution in [-0.4, -0.2) is 58.5 Å². The largest absolute Gasteiger partial charge is 0.463 e. The maximum atomic E-state index is 11.3. The number of halogens is 1. The summed E-state index contributed by atoms with van der Waals surface area (Å²) in [4.78, 5) is 11.3. The quantitative estimate of drug-likeness (QED) is 0.601. The summed E-state index contributed by atoms with van der Waals surface area (Å²) in [6.07, 6.45) is -4.77. The summed E-state index contributed by atoms with van der Waals surface area (Å²) in [5, 5.41) is 32.2. The highest BCUT2D eigenvalue weighted by Gasteiger charge is 2.46. The predicted molar refractivity (Wildman–Crippen MR) is 77.4 cm³/mol. The normalized spacial score (nSPS) is 31.6. The predicted octanol–water partition coefficient (Wildman–Crippen LogP) is -0.338. The molecular formula is C14H18ClNO6. The van der Waals surface area contributed by atoms with Crippen LogP contribution in [0.15, 0.2) is 24.3 Å². The third-order valence-corrected chi connectivity index (χ3v) is 3.57. The Hall–Kier alpha value is -1.38. The van der Waals surface area contributed by atoms with Gasteiger partial charge in [0.1, 0.15) is 30.1 Å². The summed E-state index contributed by atoms with van der Waals surface area (Å²) >= 11 is 5.79. The molecule has 5 atom stereocenters. The topological polar surface area (TPSA) is 108 Å². The second kappa shape index (κ2) is 7.26. The molecule has 1 aromatic rings. The van der Waals surface area contributed by atoms with E-state index in [1.807, 2.05) is 0 Å². The van der Waals surface area contributed by atoms with Crippen LogP contribution in [-0.2, 0) is 9.53 Å². The first kappa shape index (κ1) is 17.0. The number of nitrogens with one attached hydrogen (secondary N) is 1. The van der Waals surface area contributed by atoms with E-state index >= 15 is 0 Å². The average Bonchev–Trinajstić information content (AvgIpc) is 2.48. The van der Waals surface area contributed by atoms with Gasteiger partial charge in [-0.25, -0.2) is 0 Å². The van der Waals surface area contributed by atoms with E-state index in [1.165, 1.54) is 6.92 Å². The molecule has 1 aromatic carbocycles. The number of hydrogen-bond acceptors (Lipinski definition) is 6. The van der Waals surface area contributed by atoms with E-state index in [2.05, 4.69) is 5.32 Å². The minimum absolute atomic E-state index is 0.407. The number of hydrogen-bond donors (Lipinski definition) is 4. The fourth-order valence-corrected chi connectivity index (χ4v) is 2.34.